The average Bonchev–Trinajstić information content (AvgIpc) is 2.27. The Hall–Kier alpha value is -0.610. The normalized spacial score (nSPS) is 39.1. The lowest BCUT2D eigenvalue weighted by atomic mass is 9.81. The Labute approximate surface area is 104 Å². The Morgan fingerprint density at radius 2 is 2.00 bits per heavy atom. The Morgan fingerprint density at radius 1 is 1.35 bits per heavy atom. The third kappa shape index (κ3) is 2.80. The van der Waals surface area contributed by atoms with Gasteiger partial charge in [-0.1, -0.05) is 0 Å². The second-order valence-electron chi connectivity index (χ2n) is 5.81. The highest BCUT2D eigenvalue weighted by Crippen LogP contribution is 2.29. The highest BCUT2D eigenvalue weighted by atomic mass is 16.5. The summed E-state index contributed by atoms with van der Waals surface area (Å²) < 4.78 is 5.68. The van der Waals surface area contributed by atoms with Gasteiger partial charge in [0.1, 0.15) is 0 Å². The highest BCUT2D eigenvalue weighted by molar-refractivity contribution is 5.83. The van der Waals surface area contributed by atoms with E-state index >= 15 is 0 Å². The van der Waals surface area contributed by atoms with Crippen molar-refractivity contribution in [3.8, 4) is 0 Å². The van der Waals surface area contributed by atoms with Gasteiger partial charge in [-0.2, -0.15) is 0 Å². The van der Waals surface area contributed by atoms with Crippen molar-refractivity contribution in [2.45, 2.75) is 45.8 Å². The number of carbonyl (C=O) groups excluding carboxylic acids is 1. The van der Waals surface area contributed by atoms with Gasteiger partial charge in [-0.25, -0.2) is 0 Å². The van der Waals surface area contributed by atoms with Crippen molar-refractivity contribution in [3.63, 3.8) is 0 Å². The van der Waals surface area contributed by atoms with Gasteiger partial charge in [0, 0.05) is 19.6 Å². The number of amides is 1. The van der Waals surface area contributed by atoms with E-state index in [1.54, 1.807) is 0 Å². The molecule has 0 spiro atoms. The summed E-state index contributed by atoms with van der Waals surface area (Å²) in [5.74, 6) is 0.298. The molecule has 2 fully saturated rings. The largest absolute Gasteiger partial charge is 0.372 e. The number of nitrogens with zero attached hydrogens (tertiary/aromatic N) is 1. The van der Waals surface area contributed by atoms with Crippen LogP contribution in [0.15, 0.2) is 0 Å². The van der Waals surface area contributed by atoms with Crippen LogP contribution in [0, 0.1) is 5.41 Å². The second-order valence-corrected chi connectivity index (χ2v) is 5.81. The standard InChI is InChI=1S/C13H24N2O2/c1-10-7-15(8-11(2)17-10)12(16)13(3)5-4-6-14-9-13/h10-11,14H,4-9H2,1-3H3. The van der Waals surface area contributed by atoms with Crippen LogP contribution in [0.3, 0.4) is 0 Å². The number of morpholine rings is 1. The van der Waals surface area contributed by atoms with E-state index in [2.05, 4.69) is 12.2 Å². The Kier molecular flexibility index (Phi) is 3.73. The zero-order valence-corrected chi connectivity index (χ0v) is 11.2. The van der Waals surface area contributed by atoms with E-state index in [0.29, 0.717) is 5.91 Å². The molecule has 3 unspecified atom stereocenters. The predicted molar refractivity (Wildman–Crippen MR) is 66.8 cm³/mol. The first-order valence-corrected chi connectivity index (χ1v) is 6.67. The summed E-state index contributed by atoms with van der Waals surface area (Å²) in [4.78, 5) is 14.6. The summed E-state index contributed by atoms with van der Waals surface area (Å²) in [6.07, 6.45) is 2.40. The van der Waals surface area contributed by atoms with Gasteiger partial charge in [0.15, 0.2) is 0 Å². The molecule has 2 aliphatic rings. The highest BCUT2D eigenvalue weighted by Gasteiger charge is 2.39. The lowest BCUT2D eigenvalue weighted by Crippen LogP contribution is -2.55. The number of hydrogen-bond donors (Lipinski definition) is 1. The molecule has 2 saturated heterocycles. The third-order valence-electron chi connectivity index (χ3n) is 3.82. The van der Waals surface area contributed by atoms with Crippen LogP contribution in [0.5, 0.6) is 0 Å². The maximum absolute atomic E-state index is 12.6. The van der Waals surface area contributed by atoms with Crippen LogP contribution in [-0.4, -0.2) is 49.2 Å². The smallest absolute Gasteiger partial charge is 0.229 e. The van der Waals surface area contributed by atoms with Gasteiger partial charge in [0.05, 0.1) is 17.6 Å². The SMILES string of the molecule is CC1CN(C(=O)C2(C)CCCNC2)CC(C)O1. The molecule has 4 heteroatoms. The zero-order chi connectivity index (χ0) is 12.5. The van der Waals surface area contributed by atoms with Crippen molar-refractivity contribution in [1.82, 2.24) is 10.2 Å². The van der Waals surface area contributed by atoms with Gasteiger partial charge in [-0.05, 0) is 40.2 Å². The van der Waals surface area contributed by atoms with Crippen LogP contribution >= 0.6 is 0 Å². The van der Waals surface area contributed by atoms with E-state index in [9.17, 15) is 4.79 Å². The predicted octanol–water partition coefficient (Wildman–Crippen LogP) is 1.01. The van der Waals surface area contributed by atoms with E-state index in [0.717, 1.165) is 39.0 Å². The van der Waals surface area contributed by atoms with Crippen LogP contribution < -0.4 is 5.32 Å². The van der Waals surface area contributed by atoms with Crippen molar-refractivity contribution in [3.05, 3.63) is 0 Å². The van der Waals surface area contributed by atoms with Crippen LogP contribution in [0.25, 0.3) is 0 Å². The van der Waals surface area contributed by atoms with Gasteiger partial charge >= 0.3 is 0 Å². The molecule has 0 saturated carbocycles. The minimum Gasteiger partial charge on any atom is -0.372 e. The molecule has 0 aromatic rings. The van der Waals surface area contributed by atoms with Crippen molar-refractivity contribution >= 4 is 5.91 Å². The van der Waals surface area contributed by atoms with E-state index in [-0.39, 0.29) is 17.6 Å². The first kappa shape index (κ1) is 12.8. The maximum Gasteiger partial charge on any atom is 0.229 e. The topological polar surface area (TPSA) is 41.6 Å². The molecule has 2 rings (SSSR count). The summed E-state index contributed by atoms with van der Waals surface area (Å²) in [7, 11) is 0. The molecule has 17 heavy (non-hydrogen) atoms. The van der Waals surface area contributed by atoms with Gasteiger partial charge in [-0.15, -0.1) is 0 Å². The maximum atomic E-state index is 12.6. The number of nitrogens with one attached hydrogen (secondary N) is 1. The monoisotopic (exact) mass is 240 g/mol. The molecule has 0 aromatic carbocycles. The number of ether oxygens (including phenoxy) is 1. The minimum atomic E-state index is -0.213. The average molecular weight is 240 g/mol. The van der Waals surface area contributed by atoms with Crippen LogP contribution in [0.4, 0.5) is 0 Å². The molecular formula is C13H24N2O2. The van der Waals surface area contributed by atoms with E-state index in [4.69, 9.17) is 4.74 Å². The summed E-state index contributed by atoms with van der Waals surface area (Å²) in [6.45, 7) is 9.49. The van der Waals surface area contributed by atoms with Crippen molar-refractivity contribution in [2.75, 3.05) is 26.2 Å². The Balaban J connectivity index is 2.03. The molecule has 1 N–H and O–H groups in total. The summed E-state index contributed by atoms with van der Waals surface area (Å²) in [6, 6.07) is 0. The van der Waals surface area contributed by atoms with Gasteiger partial charge in [0.25, 0.3) is 0 Å². The summed E-state index contributed by atoms with van der Waals surface area (Å²) >= 11 is 0. The molecule has 0 bridgehead atoms. The van der Waals surface area contributed by atoms with Crippen molar-refractivity contribution in [2.24, 2.45) is 5.41 Å². The lowest BCUT2D eigenvalue weighted by Gasteiger charge is -2.42. The van der Waals surface area contributed by atoms with Crippen LogP contribution in [-0.2, 0) is 9.53 Å². The quantitative estimate of drug-likeness (QED) is 0.744. The molecule has 3 atom stereocenters. The van der Waals surface area contributed by atoms with E-state index < -0.39 is 0 Å². The fraction of sp³-hybridized carbons (Fsp3) is 0.923. The first-order chi connectivity index (χ1) is 8.01. The molecule has 2 heterocycles. The summed E-state index contributed by atoms with van der Waals surface area (Å²) in [5, 5.41) is 3.34. The molecule has 2 aliphatic heterocycles. The second kappa shape index (κ2) is 4.94. The number of hydrogen-bond acceptors (Lipinski definition) is 3. The number of piperidine rings is 1. The molecule has 1 amide bonds. The molecule has 98 valence electrons. The number of carbonyl (C=O) groups is 1. The van der Waals surface area contributed by atoms with Gasteiger partial charge in [-0.3, -0.25) is 4.79 Å². The zero-order valence-electron chi connectivity index (χ0n) is 11.2. The fourth-order valence-electron chi connectivity index (χ4n) is 2.96. The molecule has 0 radical (unpaired) electrons. The molecular weight excluding hydrogens is 216 g/mol. The van der Waals surface area contributed by atoms with Crippen molar-refractivity contribution in [1.29, 1.82) is 0 Å². The van der Waals surface area contributed by atoms with Crippen LogP contribution in [0.2, 0.25) is 0 Å². The fourth-order valence-corrected chi connectivity index (χ4v) is 2.96. The van der Waals surface area contributed by atoms with Gasteiger partial charge in [0.2, 0.25) is 5.91 Å². The Bertz CT molecular complexity index is 277. The first-order valence-electron chi connectivity index (χ1n) is 6.67. The minimum absolute atomic E-state index is 0.155. The third-order valence-corrected chi connectivity index (χ3v) is 3.82. The number of rotatable bonds is 1. The molecule has 0 aliphatic carbocycles. The molecule has 4 nitrogen and oxygen atoms in total. The van der Waals surface area contributed by atoms with E-state index in [1.807, 2.05) is 18.7 Å². The van der Waals surface area contributed by atoms with Crippen LogP contribution in [0.1, 0.15) is 33.6 Å². The molecule has 0 aromatic heterocycles. The Morgan fingerprint density at radius 3 is 2.53 bits per heavy atom. The van der Waals surface area contributed by atoms with E-state index in [1.165, 1.54) is 0 Å². The van der Waals surface area contributed by atoms with Crippen molar-refractivity contribution < 1.29 is 9.53 Å². The van der Waals surface area contributed by atoms with Gasteiger partial charge < -0.3 is 15.0 Å². The summed E-state index contributed by atoms with van der Waals surface area (Å²) in [5.41, 5.74) is -0.213. The lowest BCUT2D eigenvalue weighted by molar-refractivity contribution is -0.153.